The molecule has 0 unspecified atom stereocenters. The number of H-pyrrole nitrogens is 1. The summed E-state index contributed by atoms with van der Waals surface area (Å²) in [4.78, 5) is 37.9. The molecule has 1 amide bonds. The number of halogens is 1. The van der Waals surface area contributed by atoms with Crippen LogP contribution in [0.15, 0.2) is 59.5 Å². The third-order valence-corrected chi connectivity index (χ3v) is 5.11. The van der Waals surface area contributed by atoms with Gasteiger partial charge in [-0.15, -0.1) is 0 Å². The summed E-state index contributed by atoms with van der Waals surface area (Å²) in [6, 6.07) is 12.9. The normalized spacial score (nSPS) is 14.5. The lowest BCUT2D eigenvalue weighted by atomic mass is 9.95. The number of nitrogens with one attached hydrogen (secondary N) is 1. The van der Waals surface area contributed by atoms with Crippen molar-refractivity contribution in [1.29, 1.82) is 0 Å². The average molecular weight is 408 g/mol. The van der Waals surface area contributed by atoms with E-state index in [4.69, 9.17) is 4.74 Å². The van der Waals surface area contributed by atoms with Crippen molar-refractivity contribution < 1.29 is 13.9 Å². The van der Waals surface area contributed by atoms with E-state index in [1.54, 1.807) is 29.3 Å². The lowest BCUT2D eigenvalue weighted by Crippen LogP contribution is -2.41. The molecule has 7 nitrogen and oxygen atoms in total. The number of aromatic amines is 1. The molecule has 1 fully saturated rings. The molecule has 3 heterocycles. The Morgan fingerprint density at radius 1 is 1.13 bits per heavy atom. The van der Waals surface area contributed by atoms with Gasteiger partial charge in [-0.2, -0.15) is 0 Å². The lowest BCUT2D eigenvalue weighted by Gasteiger charge is -2.31. The maximum atomic E-state index is 13.6. The number of para-hydroxylation sites is 1. The van der Waals surface area contributed by atoms with Crippen molar-refractivity contribution in [3.05, 3.63) is 76.7 Å². The molecule has 1 aromatic carbocycles. The van der Waals surface area contributed by atoms with E-state index in [0.29, 0.717) is 43.1 Å². The molecule has 154 valence electrons. The van der Waals surface area contributed by atoms with Crippen LogP contribution >= 0.6 is 0 Å². The Hall–Kier alpha value is -3.55. The molecule has 0 atom stereocenters. The molecule has 30 heavy (non-hydrogen) atoms. The number of aromatic nitrogens is 3. The first kappa shape index (κ1) is 19.8. The van der Waals surface area contributed by atoms with Crippen LogP contribution in [-0.4, -0.2) is 45.5 Å². The van der Waals surface area contributed by atoms with E-state index < -0.39 is 5.82 Å². The first-order valence-electron chi connectivity index (χ1n) is 9.78. The fourth-order valence-corrected chi connectivity index (χ4v) is 3.51. The topological polar surface area (TPSA) is 88.2 Å². The molecule has 0 spiro atoms. The van der Waals surface area contributed by atoms with Gasteiger partial charge in [-0.25, -0.2) is 9.37 Å². The number of likely N-dealkylation sites (tertiary alicyclic amines) is 1. The third kappa shape index (κ3) is 4.53. The summed E-state index contributed by atoms with van der Waals surface area (Å²) in [7, 11) is 0. The first-order valence-corrected chi connectivity index (χ1v) is 9.78. The summed E-state index contributed by atoms with van der Waals surface area (Å²) >= 11 is 0. The highest BCUT2D eigenvalue weighted by Crippen LogP contribution is 2.26. The molecule has 3 aromatic rings. The van der Waals surface area contributed by atoms with Crippen molar-refractivity contribution in [2.75, 3.05) is 19.7 Å². The third-order valence-electron chi connectivity index (χ3n) is 5.11. The molecule has 1 aliphatic heterocycles. The quantitative estimate of drug-likeness (QED) is 0.701. The fraction of sp³-hybridized carbons (Fsp3) is 0.273. The molecule has 4 rings (SSSR count). The molecule has 8 heteroatoms. The van der Waals surface area contributed by atoms with E-state index in [2.05, 4.69) is 15.0 Å². The summed E-state index contributed by atoms with van der Waals surface area (Å²) in [6.45, 7) is 0.819. The average Bonchev–Trinajstić information content (AvgIpc) is 2.78. The number of rotatable bonds is 5. The Bertz CT molecular complexity index is 1080. The summed E-state index contributed by atoms with van der Waals surface area (Å²) in [5.41, 5.74) is 0.950. The molecule has 2 aromatic heterocycles. The second kappa shape index (κ2) is 8.86. The van der Waals surface area contributed by atoms with Crippen LogP contribution in [-0.2, 0) is 4.79 Å². The maximum Gasteiger partial charge on any atom is 0.260 e. The van der Waals surface area contributed by atoms with E-state index in [0.717, 1.165) is 0 Å². The van der Waals surface area contributed by atoms with Gasteiger partial charge in [-0.3, -0.25) is 14.6 Å². The molecule has 0 aliphatic carbocycles. The molecule has 1 saturated heterocycles. The van der Waals surface area contributed by atoms with Gasteiger partial charge in [0, 0.05) is 31.3 Å². The highest BCUT2D eigenvalue weighted by Gasteiger charge is 2.26. The van der Waals surface area contributed by atoms with Crippen molar-refractivity contribution in [1.82, 2.24) is 19.9 Å². The molecule has 1 aliphatic rings. The van der Waals surface area contributed by atoms with Gasteiger partial charge < -0.3 is 14.6 Å². The molecule has 1 N–H and O–H groups in total. The highest BCUT2D eigenvalue weighted by atomic mass is 19.1. The number of carbonyl (C=O) groups excluding carboxylic acids is 1. The fourth-order valence-electron chi connectivity index (χ4n) is 3.51. The minimum atomic E-state index is -0.494. The van der Waals surface area contributed by atoms with E-state index in [1.807, 2.05) is 12.1 Å². The largest absolute Gasteiger partial charge is 0.481 e. The summed E-state index contributed by atoms with van der Waals surface area (Å²) in [5, 5.41) is 0. The van der Waals surface area contributed by atoms with Crippen molar-refractivity contribution in [3.63, 3.8) is 0 Å². The zero-order chi connectivity index (χ0) is 20.9. The standard InChI is InChI=1S/C22H21FN4O3/c23-16-5-1-2-7-19(16)30-14-21(29)27-11-8-15(9-12-27)22-25-18(13-20(28)26-22)17-6-3-4-10-24-17/h1-7,10,13,15H,8-9,11-12,14H2,(H,25,26,28). The smallest absolute Gasteiger partial charge is 0.260 e. The highest BCUT2D eigenvalue weighted by molar-refractivity contribution is 5.77. The predicted octanol–water partition coefficient (Wildman–Crippen LogP) is 2.76. The van der Waals surface area contributed by atoms with Crippen LogP contribution in [0.2, 0.25) is 0 Å². The van der Waals surface area contributed by atoms with Crippen LogP contribution < -0.4 is 10.3 Å². The van der Waals surface area contributed by atoms with Crippen LogP contribution in [0.1, 0.15) is 24.6 Å². The van der Waals surface area contributed by atoms with Crippen molar-refractivity contribution in [2.24, 2.45) is 0 Å². The molecule has 0 radical (unpaired) electrons. The first-order chi connectivity index (χ1) is 14.6. The number of piperidine rings is 1. The van der Waals surface area contributed by atoms with Crippen molar-refractivity contribution >= 4 is 5.91 Å². The van der Waals surface area contributed by atoms with Crippen molar-refractivity contribution in [2.45, 2.75) is 18.8 Å². The van der Waals surface area contributed by atoms with Crippen LogP contribution in [0.5, 0.6) is 5.75 Å². The minimum absolute atomic E-state index is 0.0397. The Labute approximate surface area is 172 Å². The van der Waals surface area contributed by atoms with Gasteiger partial charge in [0.15, 0.2) is 18.2 Å². The second-order valence-electron chi connectivity index (χ2n) is 7.11. The molecular formula is C22H21FN4O3. The van der Waals surface area contributed by atoms with E-state index in [9.17, 15) is 14.0 Å². The summed E-state index contributed by atoms with van der Waals surface area (Å²) in [6.07, 6.45) is 2.99. The van der Waals surface area contributed by atoms with Gasteiger partial charge in [-0.05, 0) is 37.1 Å². The van der Waals surface area contributed by atoms with Crippen LogP contribution in [0.3, 0.4) is 0 Å². The van der Waals surface area contributed by atoms with Crippen LogP contribution in [0, 0.1) is 5.82 Å². The number of hydrogen-bond acceptors (Lipinski definition) is 5. The Morgan fingerprint density at radius 3 is 2.63 bits per heavy atom. The molecular weight excluding hydrogens is 387 g/mol. The lowest BCUT2D eigenvalue weighted by molar-refractivity contribution is -0.134. The van der Waals surface area contributed by atoms with Crippen molar-refractivity contribution in [3.8, 4) is 17.1 Å². The Morgan fingerprint density at radius 2 is 1.90 bits per heavy atom. The van der Waals surface area contributed by atoms with E-state index in [1.165, 1.54) is 18.2 Å². The maximum absolute atomic E-state index is 13.6. The monoisotopic (exact) mass is 408 g/mol. The van der Waals surface area contributed by atoms with E-state index >= 15 is 0 Å². The number of amides is 1. The Kier molecular flexibility index (Phi) is 5.83. The van der Waals surface area contributed by atoms with Gasteiger partial charge in [0.2, 0.25) is 0 Å². The SMILES string of the molecule is O=C(COc1ccccc1F)N1CCC(c2nc(-c3ccccn3)cc(=O)[nH]2)CC1. The molecule has 0 saturated carbocycles. The number of hydrogen-bond donors (Lipinski definition) is 1. The summed E-state index contributed by atoms with van der Waals surface area (Å²) in [5.74, 6) is 0.0248. The number of nitrogens with zero attached hydrogens (tertiary/aromatic N) is 3. The Balaban J connectivity index is 1.37. The van der Waals surface area contributed by atoms with Gasteiger partial charge in [-0.1, -0.05) is 18.2 Å². The van der Waals surface area contributed by atoms with Gasteiger partial charge in [0.25, 0.3) is 11.5 Å². The number of carbonyl (C=O) groups is 1. The van der Waals surface area contributed by atoms with Gasteiger partial charge >= 0.3 is 0 Å². The zero-order valence-corrected chi connectivity index (χ0v) is 16.3. The van der Waals surface area contributed by atoms with E-state index in [-0.39, 0.29) is 29.7 Å². The number of benzene rings is 1. The van der Waals surface area contributed by atoms with Crippen LogP contribution in [0.4, 0.5) is 4.39 Å². The second-order valence-corrected chi connectivity index (χ2v) is 7.11. The number of pyridine rings is 1. The minimum Gasteiger partial charge on any atom is -0.481 e. The molecule has 0 bridgehead atoms. The number of ether oxygens (including phenoxy) is 1. The predicted molar refractivity (Wildman–Crippen MR) is 109 cm³/mol. The van der Waals surface area contributed by atoms with Gasteiger partial charge in [0.05, 0.1) is 11.4 Å². The summed E-state index contributed by atoms with van der Waals surface area (Å²) < 4.78 is 18.9. The zero-order valence-electron chi connectivity index (χ0n) is 16.3. The van der Waals surface area contributed by atoms with Gasteiger partial charge in [0.1, 0.15) is 5.82 Å². The van der Waals surface area contributed by atoms with Crippen LogP contribution in [0.25, 0.3) is 11.4 Å².